The summed E-state index contributed by atoms with van der Waals surface area (Å²) in [5.41, 5.74) is 0. The van der Waals surface area contributed by atoms with E-state index in [4.69, 9.17) is 38.3 Å². The molecule has 0 bridgehead atoms. The first-order valence-electron chi connectivity index (χ1n) is 22.5. The molecule has 4 rings (SSSR count). The second-order valence-electron chi connectivity index (χ2n) is 17.4. The molecule has 400 valence electrons. The third kappa shape index (κ3) is 14.6. The Morgan fingerprint density at radius 3 is 1.00 bits per heavy atom. The fraction of sp³-hybridized carbons (Fsp3) is 0.900. The Labute approximate surface area is 395 Å². The lowest BCUT2D eigenvalue weighted by Crippen LogP contribution is -2.71. The standard InChI is InChI=1S/C40H70N4O25/c1-13-22(42-34(59)18(50)6-10-46)26(54)30(37(62)63-13)67-39-32(28(56)24(15(3)65-39)44-36(61)20(52)8-12-48)69-40-31(27(55)23(16(4)66-40)43-35(60)19(51)7-11-47)68-38-29(57)25(53)21(14(2)64-38)41-33(58)17(49)5-9-45/h13-32,37-40,45-57,62H,5-12H2,1-4H3,(H,41,58)(H,42,59)(H,43,60)(H,44,61)/t13-,14-,15-,16-,17+,18+,19+,20+,21-,22-,23-,24-,25+,26+,27+,28+,29+,30+,31+,32+,37+,38-,39-,40-/m1/s1. The van der Waals surface area contributed by atoms with E-state index >= 15 is 0 Å². The van der Waals surface area contributed by atoms with E-state index in [0.717, 1.165) is 0 Å². The minimum absolute atomic E-state index is 0.360. The summed E-state index contributed by atoms with van der Waals surface area (Å²) in [6.45, 7) is 3.02. The number of aliphatic hydroxyl groups is 14. The van der Waals surface area contributed by atoms with E-state index in [1.807, 2.05) is 0 Å². The van der Waals surface area contributed by atoms with Gasteiger partial charge in [0.05, 0.1) is 48.6 Å². The molecule has 29 nitrogen and oxygen atoms in total. The SMILES string of the molecule is C[C@H]1O[C@H](O[C@@H]2[C@@H](O[C@@H]3[C@@H](O[C@H]4[C@@H](O)[C@H](NC(=O)[C@@H](O)CCO)[C@@H](C)O[C@@H]4O)O[C@H](C)[C@@H](NC(=O)[C@@H](O)CCO)[C@@H]3O)O[C@H](C)[C@@H](NC(=O)[C@@H](O)CCO)[C@@H]2O)[C@@H](O)[C@@H](O)[C@@H]1NC(=O)[C@@H](O)CCO. The lowest BCUT2D eigenvalue weighted by atomic mass is 9.93. The van der Waals surface area contributed by atoms with E-state index in [2.05, 4.69) is 21.3 Å². The Morgan fingerprint density at radius 1 is 0.406 bits per heavy atom. The number of aliphatic hydroxyl groups excluding tert-OH is 14. The topological polar surface area (TPSA) is 464 Å². The molecule has 29 heteroatoms. The van der Waals surface area contributed by atoms with Crippen LogP contribution < -0.4 is 21.3 Å². The molecule has 4 saturated heterocycles. The van der Waals surface area contributed by atoms with Crippen LogP contribution in [0, 0.1) is 0 Å². The number of carbonyl (C=O) groups is 4. The second-order valence-corrected chi connectivity index (χ2v) is 17.4. The zero-order valence-corrected chi connectivity index (χ0v) is 38.3. The fourth-order valence-electron chi connectivity index (χ4n) is 8.19. The number of carbonyl (C=O) groups excluding carboxylic acids is 4. The van der Waals surface area contributed by atoms with Crippen LogP contribution in [0.4, 0.5) is 0 Å². The molecule has 0 spiro atoms. The van der Waals surface area contributed by atoms with E-state index in [1.165, 1.54) is 27.7 Å². The minimum Gasteiger partial charge on any atom is -0.396 e. The number of hydrogen-bond donors (Lipinski definition) is 18. The van der Waals surface area contributed by atoms with Crippen molar-refractivity contribution in [3.8, 4) is 0 Å². The van der Waals surface area contributed by atoms with Crippen LogP contribution in [0.1, 0.15) is 53.4 Å². The van der Waals surface area contributed by atoms with Gasteiger partial charge in [-0.15, -0.1) is 0 Å². The van der Waals surface area contributed by atoms with Crippen molar-refractivity contribution in [1.82, 2.24) is 21.3 Å². The maximum absolute atomic E-state index is 13.0. The molecule has 0 radical (unpaired) electrons. The molecule has 0 aromatic carbocycles. The Morgan fingerprint density at radius 2 is 0.667 bits per heavy atom. The van der Waals surface area contributed by atoms with Gasteiger partial charge in [-0.25, -0.2) is 0 Å². The summed E-state index contributed by atoms with van der Waals surface area (Å²) in [4.78, 5) is 51.3. The van der Waals surface area contributed by atoms with Crippen molar-refractivity contribution in [3.05, 3.63) is 0 Å². The molecule has 24 atom stereocenters. The molecule has 0 saturated carbocycles. The van der Waals surface area contributed by atoms with Crippen molar-refractivity contribution in [2.24, 2.45) is 0 Å². The predicted octanol–water partition coefficient (Wildman–Crippen LogP) is -10.2. The highest BCUT2D eigenvalue weighted by molar-refractivity contribution is 5.82. The average Bonchev–Trinajstić information content (AvgIpc) is 3.29. The van der Waals surface area contributed by atoms with Crippen LogP contribution in [0.3, 0.4) is 0 Å². The second kappa shape index (κ2) is 26.7. The van der Waals surface area contributed by atoms with Gasteiger partial charge >= 0.3 is 0 Å². The third-order valence-corrected chi connectivity index (χ3v) is 12.3. The van der Waals surface area contributed by atoms with E-state index in [0.29, 0.717) is 0 Å². The number of amides is 4. The summed E-state index contributed by atoms with van der Waals surface area (Å²) < 4.78 is 41.8. The number of rotatable bonds is 22. The Balaban J connectivity index is 1.73. The van der Waals surface area contributed by atoms with E-state index < -0.39 is 210 Å². The molecular formula is C40H70N4O25. The van der Waals surface area contributed by atoms with Gasteiger partial charge in [0, 0.05) is 52.1 Å². The monoisotopic (exact) mass is 1010 g/mol. The van der Waals surface area contributed by atoms with Gasteiger partial charge in [-0.3, -0.25) is 19.2 Å². The van der Waals surface area contributed by atoms with Crippen molar-refractivity contribution >= 4 is 23.6 Å². The van der Waals surface area contributed by atoms with Gasteiger partial charge in [0.2, 0.25) is 23.6 Å². The van der Waals surface area contributed by atoms with Crippen molar-refractivity contribution in [1.29, 1.82) is 0 Å². The highest BCUT2D eigenvalue weighted by Crippen LogP contribution is 2.35. The largest absolute Gasteiger partial charge is 0.396 e. The van der Waals surface area contributed by atoms with Gasteiger partial charge < -0.3 is 126 Å². The van der Waals surface area contributed by atoms with Crippen LogP contribution in [0.25, 0.3) is 0 Å². The lowest BCUT2D eigenvalue weighted by Gasteiger charge is -2.50. The number of hydrogen-bond acceptors (Lipinski definition) is 25. The summed E-state index contributed by atoms with van der Waals surface area (Å²) in [6.07, 6.45) is -37.1. The van der Waals surface area contributed by atoms with Gasteiger partial charge in [0.1, 0.15) is 73.2 Å². The molecule has 0 unspecified atom stereocenters. The van der Waals surface area contributed by atoms with Crippen LogP contribution in [0.15, 0.2) is 0 Å². The maximum Gasteiger partial charge on any atom is 0.249 e. The van der Waals surface area contributed by atoms with Crippen LogP contribution in [0.5, 0.6) is 0 Å². The Kier molecular flexibility index (Phi) is 22.6. The molecule has 4 aliphatic rings. The van der Waals surface area contributed by atoms with E-state index in [-0.39, 0.29) is 12.8 Å². The van der Waals surface area contributed by atoms with Crippen LogP contribution >= 0.6 is 0 Å². The zero-order valence-electron chi connectivity index (χ0n) is 38.3. The van der Waals surface area contributed by atoms with Gasteiger partial charge in [-0.1, -0.05) is 0 Å². The van der Waals surface area contributed by atoms with Gasteiger partial charge in [-0.2, -0.15) is 0 Å². The molecule has 0 aromatic heterocycles. The van der Waals surface area contributed by atoms with Crippen molar-refractivity contribution < 1.29 is 124 Å². The third-order valence-electron chi connectivity index (χ3n) is 12.3. The van der Waals surface area contributed by atoms with Crippen molar-refractivity contribution in [3.63, 3.8) is 0 Å². The summed E-state index contributed by atoms with van der Waals surface area (Å²) in [6, 6.07) is -5.82. The van der Waals surface area contributed by atoms with Crippen molar-refractivity contribution in [2.75, 3.05) is 26.4 Å². The van der Waals surface area contributed by atoms with E-state index in [9.17, 15) is 85.6 Å². The minimum atomic E-state index is -2.08. The maximum atomic E-state index is 13.0. The van der Waals surface area contributed by atoms with Gasteiger partial charge in [0.15, 0.2) is 25.2 Å². The molecule has 4 aliphatic heterocycles. The first-order valence-corrected chi connectivity index (χ1v) is 22.5. The molecule has 69 heavy (non-hydrogen) atoms. The smallest absolute Gasteiger partial charge is 0.249 e. The molecular weight excluding hydrogens is 936 g/mol. The van der Waals surface area contributed by atoms with E-state index in [1.54, 1.807) is 0 Å². The van der Waals surface area contributed by atoms with Gasteiger partial charge in [-0.05, 0) is 27.7 Å². The number of nitrogens with one attached hydrogen (secondary N) is 4. The summed E-state index contributed by atoms with van der Waals surface area (Å²) in [5.74, 6) is -4.23. The quantitative estimate of drug-likeness (QED) is 0.0479. The summed E-state index contributed by atoms with van der Waals surface area (Å²) >= 11 is 0. The molecule has 18 N–H and O–H groups in total. The van der Waals surface area contributed by atoms with Crippen LogP contribution in [-0.2, 0) is 52.3 Å². The van der Waals surface area contributed by atoms with Gasteiger partial charge in [0.25, 0.3) is 0 Å². The summed E-state index contributed by atoms with van der Waals surface area (Å²) in [7, 11) is 0. The van der Waals surface area contributed by atoms with Crippen LogP contribution in [-0.4, -0.2) is 269 Å². The molecule has 4 fully saturated rings. The lowest BCUT2D eigenvalue weighted by molar-refractivity contribution is -0.387. The first kappa shape index (κ1) is 58.6. The Hall–Kier alpha value is -2.96. The number of ether oxygens (including phenoxy) is 7. The molecule has 4 amide bonds. The predicted molar refractivity (Wildman–Crippen MR) is 223 cm³/mol. The normalized spacial score (nSPS) is 40.1. The highest BCUT2D eigenvalue weighted by atomic mass is 16.8. The van der Waals surface area contributed by atoms with Crippen molar-refractivity contribution in [2.45, 2.75) is 200 Å². The highest BCUT2D eigenvalue weighted by Gasteiger charge is 2.56. The zero-order chi connectivity index (χ0) is 51.6. The first-order chi connectivity index (χ1) is 32.5. The Bertz CT molecular complexity index is 1640. The average molecular weight is 1010 g/mol. The fourth-order valence-corrected chi connectivity index (χ4v) is 8.19. The molecule has 0 aliphatic carbocycles. The van der Waals surface area contributed by atoms with Crippen LogP contribution in [0.2, 0.25) is 0 Å². The summed E-state index contributed by atoms with van der Waals surface area (Å²) in [5, 5.41) is 156. The molecule has 4 heterocycles. The molecule has 0 aromatic rings.